The molecule has 0 bridgehead atoms. The number of nitrogens with zero attached hydrogens (tertiary/aromatic N) is 1. The number of hydrogen-bond acceptors (Lipinski definition) is 3. The van der Waals surface area contributed by atoms with Crippen LogP contribution in [0.15, 0.2) is 0 Å². The van der Waals surface area contributed by atoms with Crippen LogP contribution in [-0.4, -0.2) is 43.3 Å². The molecule has 0 radical (unpaired) electrons. The van der Waals surface area contributed by atoms with Gasteiger partial charge in [-0.05, 0) is 24.7 Å². The first-order valence-electron chi connectivity index (χ1n) is 6.61. The zero-order valence-corrected chi connectivity index (χ0v) is 10.8. The summed E-state index contributed by atoms with van der Waals surface area (Å²) in [5.41, 5.74) is 6.82. The van der Waals surface area contributed by atoms with Crippen molar-refractivity contribution in [1.29, 1.82) is 0 Å². The van der Waals surface area contributed by atoms with Gasteiger partial charge in [-0.25, -0.2) is 0 Å². The van der Waals surface area contributed by atoms with E-state index in [4.69, 9.17) is 10.5 Å². The maximum Gasteiger partial charge on any atom is 0.0594 e. The molecule has 1 saturated carbocycles. The van der Waals surface area contributed by atoms with Crippen molar-refractivity contribution in [3.8, 4) is 0 Å². The molecule has 2 N–H and O–H groups in total. The number of nitrogens with two attached hydrogens (primary N) is 1. The summed E-state index contributed by atoms with van der Waals surface area (Å²) in [6.07, 6.45) is 5.18. The van der Waals surface area contributed by atoms with Gasteiger partial charge in [0.1, 0.15) is 0 Å². The number of rotatable bonds is 2. The van der Waals surface area contributed by atoms with Crippen LogP contribution in [0.25, 0.3) is 0 Å². The molecule has 1 saturated heterocycles. The van der Waals surface area contributed by atoms with Gasteiger partial charge < -0.3 is 10.5 Å². The molecule has 2 aliphatic rings. The Morgan fingerprint density at radius 1 is 1.19 bits per heavy atom. The summed E-state index contributed by atoms with van der Waals surface area (Å²) in [4.78, 5) is 2.59. The molecular weight excluding hydrogens is 200 g/mol. The average Bonchev–Trinajstić information content (AvgIpc) is 2.29. The molecule has 1 atom stereocenters. The van der Waals surface area contributed by atoms with Gasteiger partial charge in [-0.2, -0.15) is 0 Å². The number of ether oxygens (including phenoxy) is 1. The van der Waals surface area contributed by atoms with E-state index < -0.39 is 0 Å². The summed E-state index contributed by atoms with van der Waals surface area (Å²) in [5.74, 6) is 0. The van der Waals surface area contributed by atoms with Gasteiger partial charge in [0.25, 0.3) is 0 Å². The van der Waals surface area contributed by atoms with Crippen molar-refractivity contribution in [3.63, 3.8) is 0 Å². The Bertz CT molecular complexity index is 236. The van der Waals surface area contributed by atoms with Gasteiger partial charge in [0.05, 0.1) is 13.2 Å². The van der Waals surface area contributed by atoms with E-state index in [0.29, 0.717) is 5.41 Å². The van der Waals surface area contributed by atoms with Crippen LogP contribution < -0.4 is 5.73 Å². The third-order valence-electron chi connectivity index (χ3n) is 4.37. The zero-order chi connectivity index (χ0) is 11.6. The lowest BCUT2D eigenvalue weighted by atomic mass is 9.67. The molecule has 2 fully saturated rings. The fourth-order valence-electron chi connectivity index (χ4n) is 3.57. The van der Waals surface area contributed by atoms with Gasteiger partial charge in [-0.1, -0.05) is 20.3 Å². The summed E-state index contributed by atoms with van der Waals surface area (Å²) < 4.78 is 5.45. The van der Waals surface area contributed by atoms with Crippen molar-refractivity contribution in [2.45, 2.75) is 45.1 Å². The third kappa shape index (κ3) is 2.41. The van der Waals surface area contributed by atoms with E-state index in [1.165, 1.54) is 25.7 Å². The van der Waals surface area contributed by atoms with Crippen LogP contribution in [0.1, 0.15) is 39.5 Å². The second-order valence-electron chi connectivity index (χ2n) is 6.22. The largest absolute Gasteiger partial charge is 0.379 e. The van der Waals surface area contributed by atoms with Crippen LogP contribution in [0.4, 0.5) is 0 Å². The Morgan fingerprint density at radius 2 is 1.88 bits per heavy atom. The van der Waals surface area contributed by atoms with Gasteiger partial charge >= 0.3 is 0 Å². The molecule has 2 rings (SSSR count). The van der Waals surface area contributed by atoms with Crippen LogP contribution in [-0.2, 0) is 4.74 Å². The van der Waals surface area contributed by atoms with Gasteiger partial charge in [0.15, 0.2) is 0 Å². The predicted octanol–water partition coefficient (Wildman–Crippen LogP) is 1.62. The Labute approximate surface area is 99.3 Å². The molecule has 0 aromatic rings. The number of morpholine rings is 1. The molecule has 3 nitrogen and oxygen atoms in total. The molecule has 1 aliphatic heterocycles. The molecule has 94 valence electrons. The van der Waals surface area contributed by atoms with Gasteiger partial charge in [-0.15, -0.1) is 0 Å². The fourth-order valence-corrected chi connectivity index (χ4v) is 3.57. The minimum Gasteiger partial charge on any atom is -0.379 e. The molecule has 1 heterocycles. The molecule has 1 unspecified atom stereocenters. The summed E-state index contributed by atoms with van der Waals surface area (Å²) in [6, 6.07) is 0. The minimum atomic E-state index is 0.255. The molecule has 3 heteroatoms. The van der Waals surface area contributed by atoms with Crippen molar-refractivity contribution in [2.24, 2.45) is 11.1 Å². The first-order valence-corrected chi connectivity index (χ1v) is 6.61. The van der Waals surface area contributed by atoms with Crippen LogP contribution in [0, 0.1) is 5.41 Å². The highest BCUT2D eigenvalue weighted by molar-refractivity contribution is 4.99. The highest BCUT2D eigenvalue weighted by atomic mass is 16.5. The summed E-state index contributed by atoms with van der Waals surface area (Å²) >= 11 is 0. The smallest absolute Gasteiger partial charge is 0.0594 e. The van der Waals surface area contributed by atoms with Crippen molar-refractivity contribution < 1.29 is 4.74 Å². The third-order valence-corrected chi connectivity index (χ3v) is 4.37. The van der Waals surface area contributed by atoms with Crippen LogP contribution in [0.3, 0.4) is 0 Å². The standard InChI is InChI=1S/C13H26N2O/c1-12(2)4-3-5-13(10-12,11-14)15-6-8-16-9-7-15/h3-11,14H2,1-2H3. The highest BCUT2D eigenvalue weighted by Gasteiger charge is 2.43. The van der Waals surface area contributed by atoms with E-state index in [9.17, 15) is 0 Å². The first kappa shape index (κ1) is 12.3. The lowest BCUT2D eigenvalue weighted by Gasteiger charge is -2.52. The molecule has 1 aliphatic carbocycles. The lowest BCUT2D eigenvalue weighted by molar-refractivity contribution is -0.0532. The van der Waals surface area contributed by atoms with E-state index >= 15 is 0 Å². The van der Waals surface area contributed by atoms with Crippen molar-refractivity contribution in [3.05, 3.63) is 0 Å². The second-order valence-corrected chi connectivity index (χ2v) is 6.22. The lowest BCUT2D eigenvalue weighted by Crippen LogP contribution is -2.60. The van der Waals surface area contributed by atoms with Crippen LogP contribution in [0.5, 0.6) is 0 Å². The van der Waals surface area contributed by atoms with E-state index in [2.05, 4.69) is 18.7 Å². The summed E-state index contributed by atoms with van der Waals surface area (Å²) in [6.45, 7) is 9.45. The van der Waals surface area contributed by atoms with Gasteiger partial charge in [-0.3, -0.25) is 4.90 Å². The Hall–Kier alpha value is -0.120. The topological polar surface area (TPSA) is 38.5 Å². The average molecular weight is 226 g/mol. The molecule has 0 amide bonds. The molecule has 16 heavy (non-hydrogen) atoms. The quantitative estimate of drug-likeness (QED) is 0.777. The Kier molecular flexibility index (Phi) is 3.57. The highest BCUT2D eigenvalue weighted by Crippen LogP contribution is 2.43. The maximum absolute atomic E-state index is 6.11. The van der Waals surface area contributed by atoms with Crippen LogP contribution >= 0.6 is 0 Å². The molecule has 0 spiro atoms. The van der Waals surface area contributed by atoms with Crippen LogP contribution in [0.2, 0.25) is 0 Å². The number of hydrogen-bond donors (Lipinski definition) is 1. The fraction of sp³-hybridized carbons (Fsp3) is 1.00. The molecule has 0 aromatic carbocycles. The SMILES string of the molecule is CC1(C)CCCC(CN)(N2CCOCC2)C1. The predicted molar refractivity (Wildman–Crippen MR) is 66.4 cm³/mol. The van der Waals surface area contributed by atoms with E-state index in [1.54, 1.807) is 0 Å². The van der Waals surface area contributed by atoms with E-state index in [-0.39, 0.29) is 5.54 Å². The van der Waals surface area contributed by atoms with Gasteiger partial charge in [0.2, 0.25) is 0 Å². The van der Waals surface area contributed by atoms with E-state index in [0.717, 1.165) is 32.8 Å². The summed E-state index contributed by atoms with van der Waals surface area (Å²) in [7, 11) is 0. The first-order chi connectivity index (χ1) is 7.58. The van der Waals surface area contributed by atoms with Crippen molar-refractivity contribution in [1.82, 2.24) is 4.90 Å². The monoisotopic (exact) mass is 226 g/mol. The zero-order valence-electron chi connectivity index (χ0n) is 10.8. The molecular formula is C13H26N2O. The normalized spacial score (nSPS) is 36.2. The summed E-state index contributed by atoms with van der Waals surface area (Å²) in [5, 5.41) is 0. The molecule has 0 aromatic heterocycles. The Morgan fingerprint density at radius 3 is 2.44 bits per heavy atom. The second kappa shape index (κ2) is 4.63. The van der Waals surface area contributed by atoms with Crippen molar-refractivity contribution in [2.75, 3.05) is 32.8 Å². The van der Waals surface area contributed by atoms with E-state index in [1.807, 2.05) is 0 Å². The minimum absolute atomic E-state index is 0.255. The van der Waals surface area contributed by atoms with Gasteiger partial charge in [0, 0.05) is 25.2 Å². The maximum atomic E-state index is 6.11. The Balaban J connectivity index is 2.10. The van der Waals surface area contributed by atoms with Crippen molar-refractivity contribution >= 4 is 0 Å².